The zero-order valence-corrected chi connectivity index (χ0v) is 13.5. The van der Waals surface area contributed by atoms with Crippen LogP contribution in [0.25, 0.3) is 0 Å². The maximum absolute atomic E-state index is 11.5. The maximum Gasteiger partial charge on any atom is 0.189 e. The number of carbonyl (C=O) groups is 4. The van der Waals surface area contributed by atoms with Gasteiger partial charge < -0.3 is 0 Å². The van der Waals surface area contributed by atoms with E-state index in [4.69, 9.17) is 0 Å². The molecule has 0 aromatic heterocycles. The van der Waals surface area contributed by atoms with Crippen LogP contribution in [0.15, 0.2) is 72.3 Å². The lowest BCUT2D eigenvalue weighted by molar-refractivity contribution is 0.0984. The van der Waals surface area contributed by atoms with Crippen molar-refractivity contribution in [3.05, 3.63) is 94.6 Å². The first-order chi connectivity index (χ1) is 12.0. The van der Waals surface area contributed by atoms with Gasteiger partial charge in [0, 0.05) is 27.8 Å². The van der Waals surface area contributed by atoms with E-state index in [2.05, 4.69) is 0 Å². The average Bonchev–Trinajstić information content (AvgIpc) is 2.64. The normalized spacial score (nSPS) is 15.0. The van der Waals surface area contributed by atoms with Crippen molar-refractivity contribution in [2.24, 2.45) is 0 Å². The van der Waals surface area contributed by atoms with Crippen LogP contribution in [0.5, 0.6) is 0 Å². The van der Waals surface area contributed by atoms with E-state index in [0.29, 0.717) is 27.8 Å². The van der Waals surface area contributed by atoms with Crippen LogP contribution in [-0.4, -0.2) is 23.1 Å². The van der Waals surface area contributed by atoms with Crippen LogP contribution >= 0.6 is 0 Å². The smallest absolute Gasteiger partial charge is 0.189 e. The maximum atomic E-state index is 11.5. The zero-order valence-electron chi connectivity index (χ0n) is 13.5. The SMILES string of the molecule is CC1=CC(=O)c2ccccc2C1=O.O=C1C=CC(=O)c2ccccc21. The Balaban J connectivity index is 0.000000146. The van der Waals surface area contributed by atoms with Crippen LogP contribution in [0.3, 0.4) is 0 Å². The quantitative estimate of drug-likeness (QED) is 0.739. The third kappa shape index (κ3) is 3.15. The fourth-order valence-electron chi connectivity index (χ4n) is 2.69. The van der Waals surface area contributed by atoms with E-state index in [1.54, 1.807) is 55.5 Å². The predicted molar refractivity (Wildman–Crippen MR) is 93.1 cm³/mol. The summed E-state index contributed by atoms with van der Waals surface area (Å²) in [6, 6.07) is 13.7. The van der Waals surface area contributed by atoms with E-state index in [0.717, 1.165) is 0 Å². The zero-order chi connectivity index (χ0) is 18.0. The summed E-state index contributed by atoms with van der Waals surface area (Å²) < 4.78 is 0. The van der Waals surface area contributed by atoms with Crippen molar-refractivity contribution in [2.45, 2.75) is 6.92 Å². The summed E-state index contributed by atoms with van der Waals surface area (Å²) in [6.07, 6.45) is 4.01. The van der Waals surface area contributed by atoms with Gasteiger partial charge >= 0.3 is 0 Å². The van der Waals surface area contributed by atoms with Crippen molar-refractivity contribution < 1.29 is 19.2 Å². The number of Topliss-reactive ketones (excluding diaryl/α,β-unsaturated/α-hetero) is 1. The lowest BCUT2D eigenvalue weighted by Crippen LogP contribution is -2.14. The van der Waals surface area contributed by atoms with E-state index >= 15 is 0 Å². The minimum absolute atomic E-state index is 0.0461. The summed E-state index contributed by atoms with van der Waals surface area (Å²) in [5.74, 6) is -0.307. The summed E-state index contributed by atoms with van der Waals surface area (Å²) >= 11 is 0. The van der Waals surface area contributed by atoms with Gasteiger partial charge in [-0.05, 0) is 25.2 Å². The highest BCUT2D eigenvalue weighted by atomic mass is 16.1. The number of allylic oxidation sites excluding steroid dienone is 4. The number of carbonyl (C=O) groups excluding carboxylic acids is 4. The molecule has 0 heterocycles. The molecule has 0 saturated heterocycles. The number of hydrogen-bond acceptors (Lipinski definition) is 4. The molecule has 4 heteroatoms. The van der Waals surface area contributed by atoms with Crippen LogP contribution < -0.4 is 0 Å². The Morgan fingerprint density at radius 1 is 0.560 bits per heavy atom. The van der Waals surface area contributed by atoms with E-state index in [1.165, 1.54) is 18.2 Å². The van der Waals surface area contributed by atoms with Gasteiger partial charge in [0.05, 0.1) is 0 Å². The average molecular weight is 330 g/mol. The highest BCUT2D eigenvalue weighted by Gasteiger charge is 2.21. The van der Waals surface area contributed by atoms with Crippen LogP contribution in [0, 0.1) is 0 Å². The molecule has 2 aliphatic rings. The molecule has 0 amide bonds. The van der Waals surface area contributed by atoms with Crippen molar-refractivity contribution in [3.8, 4) is 0 Å². The molecule has 0 fully saturated rings. The molecular weight excluding hydrogens is 316 g/mol. The Morgan fingerprint density at radius 3 is 1.44 bits per heavy atom. The summed E-state index contributed by atoms with van der Waals surface area (Å²) in [5, 5.41) is 0. The van der Waals surface area contributed by atoms with Crippen LogP contribution in [-0.2, 0) is 0 Å². The van der Waals surface area contributed by atoms with Crippen molar-refractivity contribution in [3.63, 3.8) is 0 Å². The molecule has 2 aromatic carbocycles. The van der Waals surface area contributed by atoms with Crippen LogP contribution in [0.2, 0.25) is 0 Å². The summed E-state index contributed by atoms with van der Waals surface area (Å²) in [6.45, 7) is 1.66. The van der Waals surface area contributed by atoms with E-state index in [-0.39, 0.29) is 23.1 Å². The van der Waals surface area contributed by atoms with Crippen molar-refractivity contribution in [1.29, 1.82) is 0 Å². The number of hydrogen-bond donors (Lipinski definition) is 0. The first-order valence-corrected chi connectivity index (χ1v) is 7.71. The van der Waals surface area contributed by atoms with Gasteiger partial charge in [-0.1, -0.05) is 48.5 Å². The monoisotopic (exact) mass is 330 g/mol. The standard InChI is InChI=1S/C11H8O2.C10H6O2/c1-7-6-10(12)8-4-2-3-5-9(8)11(7)13;11-9-5-6-10(12)8-4-2-1-3-7(8)9/h2-6H,1H3;1-6H. The minimum atomic E-state index is -0.0924. The number of benzene rings is 2. The number of ketones is 4. The van der Waals surface area contributed by atoms with Gasteiger partial charge in [0.25, 0.3) is 0 Å². The Kier molecular flexibility index (Phi) is 4.35. The molecule has 0 N–H and O–H groups in total. The van der Waals surface area contributed by atoms with E-state index < -0.39 is 0 Å². The van der Waals surface area contributed by atoms with Crippen LogP contribution in [0.1, 0.15) is 48.4 Å². The molecule has 4 nitrogen and oxygen atoms in total. The predicted octanol–water partition coefficient (Wildman–Crippen LogP) is 3.63. The Morgan fingerprint density at radius 2 is 0.960 bits per heavy atom. The Bertz CT molecular complexity index is 940. The fraction of sp³-hybridized carbons (Fsp3) is 0.0476. The largest absolute Gasteiger partial charge is 0.289 e. The van der Waals surface area contributed by atoms with Gasteiger partial charge in [-0.2, -0.15) is 0 Å². The second-order valence-corrected chi connectivity index (χ2v) is 5.67. The van der Waals surface area contributed by atoms with Crippen molar-refractivity contribution in [1.82, 2.24) is 0 Å². The first kappa shape index (κ1) is 16.5. The molecule has 0 saturated carbocycles. The molecule has 2 aliphatic carbocycles. The number of rotatable bonds is 0. The lowest BCUT2D eigenvalue weighted by Gasteiger charge is -2.11. The molecule has 0 spiro atoms. The van der Waals surface area contributed by atoms with Gasteiger partial charge in [-0.25, -0.2) is 0 Å². The fourth-order valence-corrected chi connectivity index (χ4v) is 2.69. The number of fused-ring (bicyclic) bond motifs is 2. The highest BCUT2D eigenvalue weighted by Crippen LogP contribution is 2.20. The molecule has 0 radical (unpaired) electrons. The third-order valence-electron chi connectivity index (χ3n) is 3.99. The van der Waals surface area contributed by atoms with E-state index in [1.807, 2.05) is 0 Å². The molecule has 2 aromatic rings. The first-order valence-electron chi connectivity index (χ1n) is 7.71. The van der Waals surface area contributed by atoms with Crippen molar-refractivity contribution in [2.75, 3.05) is 0 Å². The Hall–Kier alpha value is -3.40. The molecule has 25 heavy (non-hydrogen) atoms. The summed E-state index contributed by atoms with van der Waals surface area (Å²) in [5.41, 5.74) is 2.56. The van der Waals surface area contributed by atoms with Gasteiger partial charge in [0.2, 0.25) is 0 Å². The molecule has 0 aliphatic heterocycles. The summed E-state index contributed by atoms with van der Waals surface area (Å²) in [7, 11) is 0. The van der Waals surface area contributed by atoms with Crippen LogP contribution in [0.4, 0.5) is 0 Å². The second-order valence-electron chi connectivity index (χ2n) is 5.67. The Labute approximate surface area is 144 Å². The summed E-state index contributed by atoms with van der Waals surface area (Å²) in [4.78, 5) is 45.3. The highest BCUT2D eigenvalue weighted by molar-refractivity contribution is 6.24. The van der Waals surface area contributed by atoms with E-state index in [9.17, 15) is 19.2 Å². The van der Waals surface area contributed by atoms with Crippen molar-refractivity contribution >= 4 is 23.1 Å². The lowest BCUT2D eigenvalue weighted by atomic mass is 9.90. The van der Waals surface area contributed by atoms with Gasteiger partial charge in [-0.3, -0.25) is 19.2 Å². The molecule has 0 bridgehead atoms. The molecule has 0 atom stereocenters. The molecular formula is C21H14O4. The van der Waals surface area contributed by atoms with Gasteiger partial charge in [0.15, 0.2) is 23.1 Å². The van der Waals surface area contributed by atoms with Gasteiger partial charge in [0.1, 0.15) is 0 Å². The molecule has 4 rings (SSSR count). The minimum Gasteiger partial charge on any atom is -0.289 e. The topological polar surface area (TPSA) is 68.3 Å². The van der Waals surface area contributed by atoms with Gasteiger partial charge in [-0.15, -0.1) is 0 Å². The second kappa shape index (κ2) is 6.61. The third-order valence-corrected chi connectivity index (χ3v) is 3.99. The molecule has 122 valence electrons. The molecule has 0 unspecified atom stereocenters.